The first-order valence-electron chi connectivity index (χ1n) is 4.97. The van der Waals surface area contributed by atoms with Crippen molar-refractivity contribution in [3.8, 4) is 0 Å². The molecule has 0 aromatic heterocycles. The van der Waals surface area contributed by atoms with E-state index in [-0.39, 0.29) is 11.7 Å². The monoisotopic (exact) mass is 241 g/mol. The lowest BCUT2D eigenvalue weighted by Crippen LogP contribution is -2.54. The number of nitro groups is 1. The average Bonchev–Trinajstić information content (AvgIpc) is 2.18. The Morgan fingerprint density at radius 1 is 1.56 bits per heavy atom. The van der Waals surface area contributed by atoms with Gasteiger partial charge in [0.05, 0.1) is 15.5 Å². The molecule has 0 saturated carbocycles. The normalized spacial score (nSPS) is 17.1. The summed E-state index contributed by atoms with van der Waals surface area (Å²) in [6.07, 6.45) is 0. The van der Waals surface area contributed by atoms with E-state index in [1.165, 1.54) is 6.07 Å². The van der Waals surface area contributed by atoms with Gasteiger partial charge in [0, 0.05) is 31.7 Å². The molecule has 6 heteroatoms. The van der Waals surface area contributed by atoms with Gasteiger partial charge in [-0.15, -0.1) is 0 Å². The lowest BCUT2D eigenvalue weighted by molar-refractivity contribution is -0.385. The summed E-state index contributed by atoms with van der Waals surface area (Å²) in [5.41, 5.74) is 6.30. The molecule has 2 N–H and O–H groups in total. The molecular weight excluding hydrogens is 230 g/mol. The number of nitro benzene ring substituents is 1. The smallest absolute Gasteiger partial charge is 0.275 e. The van der Waals surface area contributed by atoms with E-state index in [1.807, 2.05) is 4.90 Å². The average molecular weight is 242 g/mol. The number of nitrogens with zero attached hydrogens (tertiary/aromatic N) is 2. The van der Waals surface area contributed by atoms with Crippen molar-refractivity contribution in [3.05, 3.63) is 38.9 Å². The highest BCUT2D eigenvalue weighted by atomic mass is 35.5. The molecule has 1 aromatic rings. The number of likely N-dealkylation sites (tertiary alicyclic amines) is 1. The molecule has 0 atom stereocenters. The first kappa shape index (κ1) is 11.3. The van der Waals surface area contributed by atoms with Gasteiger partial charge in [-0.05, 0) is 6.07 Å². The van der Waals surface area contributed by atoms with Crippen molar-refractivity contribution in [2.75, 3.05) is 13.1 Å². The number of hydrogen-bond donors (Lipinski definition) is 1. The summed E-state index contributed by atoms with van der Waals surface area (Å²) >= 11 is 5.97. The van der Waals surface area contributed by atoms with Gasteiger partial charge >= 0.3 is 0 Å². The minimum Gasteiger partial charge on any atom is -0.325 e. The Bertz CT molecular complexity index is 419. The SMILES string of the molecule is NC1CN(Cc2c(Cl)cccc2[N+](=O)[O-])C1. The van der Waals surface area contributed by atoms with Crippen molar-refractivity contribution in [2.24, 2.45) is 5.73 Å². The molecule has 86 valence electrons. The summed E-state index contributed by atoms with van der Waals surface area (Å²) in [7, 11) is 0. The van der Waals surface area contributed by atoms with E-state index in [0.29, 0.717) is 17.1 Å². The van der Waals surface area contributed by atoms with Crippen LogP contribution in [0, 0.1) is 10.1 Å². The second-order valence-corrected chi connectivity index (χ2v) is 4.36. The van der Waals surface area contributed by atoms with Crippen LogP contribution in [0.5, 0.6) is 0 Å². The van der Waals surface area contributed by atoms with Crippen LogP contribution >= 0.6 is 11.6 Å². The Morgan fingerprint density at radius 3 is 2.81 bits per heavy atom. The Balaban J connectivity index is 2.21. The van der Waals surface area contributed by atoms with Crippen LogP contribution in [-0.4, -0.2) is 29.0 Å². The lowest BCUT2D eigenvalue weighted by atomic mass is 10.1. The Kier molecular flexibility index (Phi) is 3.09. The predicted octanol–water partition coefficient (Wildman–Crippen LogP) is 1.39. The van der Waals surface area contributed by atoms with Crippen LogP contribution in [0.15, 0.2) is 18.2 Å². The zero-order chi connectivity index (χ0) is 11.7. The van der Waals surface area contributed by atoms with Gasteiger partial charge in [0.1, 0.15) is 0 Å². The Labute approximate surface area is 97.9 Å². The highest BCUT2D eigenvalue weighted by Crippen LogP contribution is 2.28. The van der Waals surface area contributed by atoms with Crippen LogP contribution < -0.4 is 5.73 Å². The summed E-state index contributed by atoms with van der Waals surface area (Å²) in [5.74, 6) is 0. The molecule has 0 amide bonds. The number of halogens is 1. The molecule has 5 nitrogen and oxygen atoms in total. The van der Waals surface area contributed by atoms with E-state index >= 15 is 0 Å². The quantitative estimate of drug-likeness (QED) is 0.641. The minimum atomic E-state index is -0.402. The van der Waals surface area contributed by atoms with Gasteiger partial charge in [0.25, 0.3) is 5.69 Å². The molecule has 2 rings (SSSR count). The van der Waals surface area contributed by atoms with Crippen LogP contribution in [0.3, 0.4) is 0 Å². The van der Waals surface area contributed by atoms with E-state index < -0.39 is 4.92 Å². The maximum Gasteiger partial charge on any atom is 0.275 e. The van der Waals surface area contributed by atoms with Crippen molar-refractivity contribution in [1.29, 1.82) is 0 Å². The third kappa shape index (κ3) is 2.16. The van der Waals surface area contributed by atoms with Gasteiger partial charge in [-0.25, -0.2) is 0 Å². The van der Waals surface area contributed by atoms with Gasteiger partial charge in [-0.2, -0.15) is 0 Å². The van der Waals surface area contributed by atoms with Crippen LogP contribution in [-0.2, 0) is 6.54 Å². The maximum atomic E-state index is 10.8. The minimum absolute atomic E-state index is 0.0768. The standard InChI is InChI=1S/C10H12ClN3O2/c11-9-2-1-3-10(14(15)16)8(9)6-13-4-7(12)5-13/h1-3,7H,4-6,12H2. The molecule has 1 aliphatic heterocycles. The third-order valence-electron chi connectivity index (χ3n) is 2.66. The fourth-order valence-electron chi connectivity index (χ4n) is 1.84. The molecule has 0 spiro atoms. The highest BCUT2D eigenvalue weighted by Gasteiger charge is 2.26. The number of benzene rings is 1. The zero-order valence-electron chi connectivity index (χ0n) is 8.60. The summed E-state index contributed by atoms with van der Waals surface area (Å²) in [4.78, 5) is 12.5. The van der Waals surface area contributed by atoms with Crippen LogP contribution in [0.2, 0.25) is 5.02 Å². The molecular formula is C10H12ClN3O2. The maximum absolute atomic E-state index is 10.8. The number of hydrogen-bond acceptors (Lipinski definition) is 4. The molecule has 1 fully saturated rings. The van der Waals surface area contributed by atoms with Crippen molar-refractivity contribution in [2.45, 2.75) is 12.6 Å². The van der Waals surface area contributed by atoms with Crippen LogP contribution in [0.25, 0.3) is 0 Å². The highest BCUT2D eigenvalue weighted by molar-refractivity contribution is 6.31. The molecule has 0 radical (unpaired) electrons. The zero-order valence-corrected chi connectivity index (χ0v) is 9.35. The van der Waals surface area contributed by atoms with Crippen molar-refractivity contribution in [3.63, 3.8) is 0 Å². The Hall–Kier alpha value is -1.17. The summed E-state index contributed by atoms with van der Waals surface area (Å²) in [5, 5.41) is 11.3. The lowest BCUT2D eigenvalue weighted by Gasteiger charge is -2.36. The van der Waals surface area contributed by atoms with E-state index in [9.17, 15) is 10.1 Å². The fraction of sp³-hybridized carbons (Fsp3) is 0.400. The molecule has 1 heterocycles. The molecule has 0 unspecified atom stereocenters. The van der Waals surface area contributed by atoms with E-state index in [2.05, 4.69) is 0 Å². The van der Waals surface area contributed by atoms with Gasteiger partial charge in [0.2, 0.25) is 0 Å². The van der Waals surface area contributed by atoms with E-state index in [1.54, 1.807) is 12.1 Å². The largest absolute Gasteiger partial charge is 0.325 e. The molecule has 0 bridgehead atoms. The molecule has 1 saturated heterocycles. The van der Waals surface area contributed by atoms with Gasteiger partial charge in [0.15, 0.2) is 0 Å². The number of rotatable bonds is 3. The second kappa shape index (κ2) is 4.37. The van der Waals surface area contributed by atoms with E-state index in [4.69, 9.17) is 17.3 Å². The van der Waals surface area contributed by atoms with Gasteiger partial charge in [-0.3, -0.25) is 15.0 Å². The second-order valence-electron chi connectivity index (χ2n) is 3.95. The molecule has 16 heavy (non-hydrogen) atoms. The molecule has 1 aliphatic rings. The van der Waals surface area contributed by atoms with Crippen molar-refractivity contribution >= 4 is 17.3 Å². The predicted molar refractivity (Wildman–Crippen MR) is 61.4 cm³/mol. The van der Waals surface area contributed by atoms with E-state index in [0.717, 1.165) is 13.1 Å². The van der Waals surface area contributed by atoms with Gasteiger partial charge in [-0.1, -0.05) is 17.7 Å². The third-order valence-corrected chi connectivity index (χ3v) is 3.01. The van der Waals surface area contributed by atoms with Crippen molar-refractivity contribution < 1.29 is 4.92 Å². The van der Waals surface area contributed by atoms with Crippen LogP contribution in [0.4, 0.5) is 5.69 Å². The summed E-state index contributed by atoms with van der Waals surface area (Å²) in [6, 6.07) is 4.91. The first-order valence-corrected chi connectivity index (χ1v) is 5.35. The fourth-order valence-corrected chi connectivity index (χ4v) is 2.07. The molecule has 1 aromatic carbocycles. The summed E-state index contributed by atoms with van der Waals surface area (Å²) in [6.45, 7) is 2.02. The van der Waals surface area contributed by atoms with Crippen LogP contribution in [0.1, 0.15) is 5.56 Å². The number of nitrogens with two attached hydrogens (primary N) is 1. The molecule has 0 aliphatic carbocycles. The van der Waals surface area contributed by atoms with Crippen molar-refractivity contribution in [1.82, 2.24) is 4.90 Å². The topological polar surface area (TPSA) is 72.4 Å². The Morgan fingerprint density at radius 2 is 2.25 bits per heavy atom. The summed E-state index contributed by atoms with van der Waals surface area (Å²) < 4.78 is 0. The first-order chi connectivity index (χ1) is 7.58. The van der Waals surface area contributed by atoms with Gasteiger partial charge < -0.3 is 5.73 Å².